The average molecular weight is 592 g/mol. The summed E-state index contributed by atoms with van der Waals surface area (Å²) in [4.78, 5) is 45.0. The Kier molecular flexibility index (Phi) is 14.9. The van der Waals surface area contributed by atoms with Crippen LogP contribution in [-0.2, 0) is 32.9 Å². The van der Waals surface area contributed by atoms with Crippen molar-refractivity contribution in [3.63, 3.8) is 0 Å². The summed E-state index contributed by atoms with van der Waals surface area (Å²) in [6.07, 6.45) is -4.58. The summed E-state index contributed by atoms with van der Waals surface area (Å²) in [5, 5.41) is 35.7. The Bertz CT molecular complexity index is 1080. The van der Waals surface area contributed by atoms with E-state index in [-0.39, 0.29) is 44.3 Å². The zero-order valence-corrected chi connectivity index (χ0v) is 22.6. The van der Waals surface area contributed by atoms with Gasteiger partial charge in [0.25, 0.3) is 11.8 Å². The summed E-state index contributed by atoms with van der Waals surface area (Å²) in [6, 6.07) is 0. The highest BCUT2D eigenvalue weighted by atomic mass is 31.1. The molecule has 6 atom stereocenters. The number of carbonyl (C=O) groups is 2. The summed E-state index contributed by atoms with van der Waals surface area (Å²) in [5.41, 5.74) is 5.25. The second kappa shape index (κ2) is 17.8. The number of likely N-dealkylation sites (N-methyl/N-ethyl adjacent to an activating group) is 1. The van der Waals surface area contributed by atoms with Crippen LogP contribution in [0, 0.1) is 11.8 Å². The number of hydrogen-bond donors (Lipinski definition) is 8. The van der Waals surface area contributed by atoms with Crippen LogP contribution in [0.2, 0.25) is 0 Å². The highest BCUT2D eigenvalue weighted by Crippen LogP contribution is 2.31. The summed E-state index contributed by atoms with van der Waals surface area (Å²) in [7, 11) is 1.26. The number of ether oxygens (including phenoxy) is 2. The first-order chi connectivity index (χ1) is 19.2. The molecule has 0 radical (unpaired) electrons. The van der Waals surface area contributed by atoms with Gasteiger partial charge in [0, 0.05) is 25.7 Å². The van der Waals surface area contributed by atoms with Crippen LogP contribution in [0.3, 0.4) is 0 Å². The zero-order chi connectivity index (χ0) is 29.5. The largest absolute Gasteiger partial charge is 0.382 e. The predicted octanol–water partition coefficient (Wildman–Crippen LogP) is -4.64. The van der Waals surface area contributed by atoms with Crippen molar-refractivity contribution in [2.24, 2.45) is 5.90 Å². The van der Waals surface area contributed by atoms with Gasteiger partial charge in [0.2, 0.25) is 0 Å². The van der Waals surface area contributed by atoms with Crippen LogP contribution in [-0.4, -0.2) is 108 Å². The number of nitrogen functional groups attached to an aromatic ring is 1. The number of anilines is 1. The van der Waals surface area contributed by atoms with E-state index < -0.39 is 64.0 Å². The molecule has 18 nitrogen and oxygen atoms in total. The molecule has 19 heteroatoms. The van der Waals surface area contributed by atoms with E-state index in [0.29, 0.717) is 6.54 Å². The lowest BCUT2D eigenvalue weighted by molar-refractivity contribution is -0.145. The van der Waals surface area contributed by atoms with Crippen LogP contribution in [0.1, 0.15) is 18.2 Å². The number of nitrogens with zero attached hydrogens (tertiary/aromatic N) is 2. The van der Waals surface area contributed by atoms with Gasteiger partial charge < -0.3 is 55.5 Å². The molecule has 0 saturated carbocycles. The third-order valence-corrected chi connectivity index (χ3v) is 5.85. The maximum absolute atomic E-state index is 12.5. The van der Waals surface area contributed by atoms with E-state index >= 15 is 0 Å². The predicted molar refractivity (Wildman–Crippen MR) is 138 cm³/mol. The first-order valence-electron chi connectivity index (χ1n) is 11.8. The van der Waals surface area contributed by atoms with E-state index in [0.717, 1.165) is 4.57 Å². The Morgan fingerprint density at radius 1 is 1.27 bits per heavy atom. The van der Waals surface area contributed by atoms with E-state index in [4.69, 9.17) is 35.4 Å². The maximum Gasteiger partial charge on any atom is 0.351 e. The van der Waals surface area contributed by atoms with Crippen LogP contribution in [0.5, 0.6) is 0 Å². The summed E-state index contributed by atoms with van der Waals surface area (Å²) >= 11 is 0. The van der Waals surface area contributed by atoms with E-state index in [2.05, 4.69) is 37.5 Å². The Balaban J connectivity index is 1.96. The van der Waals surface area contributed by atoms with Crippen molar-refractivity contribution in [1.29, 1.82) is 0 Å². The van der Waals surface area contributed by atoms with Gasteiger partial charge in [0.05, 0.1) is 18.7 Å². The van der Waals surface area contributed by atoms with Crippen LogP contribution in [0.25, 0.3) is 0 Å². The number of hydrogen-bond acceptors (Lipinski definition) is 15. The molecular formula is C21H34N7O11P. The number of aromatic nitrogens is 2. The molecule has 6 unspecified atom stereocenters. The van der Waals surface area contributed by atoms with Crippen molar-refractivity contribution in [3.05, 3.63) is 22.2 Å². The molecule has 1 aliphatic heterocycles. The number of nitrogens with one attached hydrogen (secondary N) is 3. The quantitative estimate of drug-likeness (QED) is 0.0295. The summed E-state index contributed by atoms with van der Waals surface area (Å²) in [5.74, 6) is 8.52. The van der Waals surface area contributed by atoms with E-state index in [1.165, 1.54) is 6.20 Å². The minimum atomic E-state index is -2.01. The second-order valence-corrected chi connectivity index (χ2v) is 8.81. The van der Waals surface area contributed by atoms with Gasteiger partial charge in [-0.25, -0.2) is 10.7 Å². The number of aliphatic hydroxyl groups excluding tert-OH is 3. The fraction of sp³-hybridized carbons (Fsp3) is 0.619. The van der Waals surface area contributed by atoms with Crippen molar-refractivity contribution in [2.75, 3.05) is 52.6 Å². The summed E-state index contributed by atoms with van der Waals surface area (Å²) in [6.45, 7) is -0.270. The molecule has 0 bridgehead atoms. The zero-order valence-electron chi connectivity index (χ0n) is 21.6. The van der Waals surface area contributed by atoms with Crippen LogP contribution < -0.4 is 33.3 Å². The first-order valence-corrected chi connectivity index (χ1v) is 12.7. The Hall–Kier alpha value is -2.79. The van der Waals surface area contributed by atoms with Crippen molar-refractivity contribution in [3.8, 4) is 11.8 Å². The second-order valence-electron chi connectivity index (χ2n) is 8.06. The number of amides is 2. The normalized spacial score (nSPS) is 20.2. The van der Waals surface area contributed by atoms with Crippen molar-refractivity contribution in [1.82, 2.24) is 25.5 Å². The third kappa shape index (κ3) is 10.3. The van der Waals surface area contributed by atoms with Crippen molar-refractivity contribution in [2.45, 2.75) is 37.1 Å². The Labute approximate surface area is 230 Å². The van der Waals surface area contributed by atoms with Gasteiger partial charge in [-0.1, -0.05) is 11.8 Å². The molecule has 1 aromatic heterocycles. The molecule has 1 saturated heterocycles. The van der Waals surface area contributed by atoms with Gasteiger partial charge >= 0.3 is 5.69 Å². The molecule has 2 amide bonds. The lowest BCUT2D eigenvalue weighted by Crippen LogP contribution is -2.50. The fourth-order valence-corrected chi connectivity index (χ4v) is 3.73. The maximum atomic E-state index is 12.5. The third-order valence-electron chi connectivity index (χ3n) is 5.33. The highest BCUT2D eigenvalue weighted by molar-refractivity contribution is 7.26. The van der Waals surface area contributed by atoms with Gasteiger partial charge in [-0.15, -0.1) is 0 Å². The molecule has 1 aromatic rings. The van der Waals surface area contributed by atoms with Gasteiger partial charge in [0.1, 0.15) is 31.0 Å². The molecular weight excluding hydrogens is 557 g/mol. The fourth-order valence-electron chi connectivity index (χ4n) is 3.29. The Morgan fingerprint density at radius 2 is 2.00 bits per heavy atom. The highest BCUT2D eigenvalue weighted by Gasteiger charge is 2.38. The summed E-state index contributed by atoms with van der Waals surface area (Å²) < 4.78 is 22.0. The van der Waals surface area contributed by atoms with Crippen molar-refractivity contribution < 1.29 is 48.3 Å². The van der Waals surface area contributed by atoms with Gasteiger partial charge in [0.15, 0.2) is 28.0 Å². The van der Waals surface area contributed by atoms with Crippen molar-refractivity contribution >= 4 is 26.7 Å². The van der Waals surface area contributed by atoms with E-state index in [1.807, 2.05) is 0 Å². The smallest absolute Gasteiger partial charge is 0.351 e. The first kappa shape index (κ1) is 33.4. The molecule has 2 heterocycles. The molecule has 2 rings (SSSR count). The molecule has 10 N–H and O–H groups in total. The van der Waals surface area contributed by atoms with Crippen LogP contribution in [0.15, 0.2) is 11.0 Å². The van der Waals surface area contributed by atoms with Gasteiger partial charge in [-0.05, 0) is 7.05 Å². The minimum Gasteiger partial charge on any atom is -0.382 e. The molecule has 0 aliphatic carbocycles. The number of aliphatic hydroxyl groups is 3. The lowest BCUT2D eigenvalue weighted by atomic mass is 10.1. The molecule has 0 aromatic carbocycles. The monoisotopic (exact) mass is 591 g/mol. The molecule has 0 spiro atoms. The molecule has 1 fully saturated rings. The van der Waals surface area contributed by atoms with Crippen LogP contribution >= 0.6 is 9.03 Å². The number of nitrogens with two attached hydrogens (primary N) is 2. The number of carbonyl (C=O) groups excluding carboxylic acids is 2. The topological polar surface area (TPSA) is 264 Å². The number of rotatable bonds is 16. The Morgan fingerprint density at radius 3 is 2.67 bits per heavy atom. The van der Waals surface area contributed by atoms with E-state index in [1.54, 1.807) is 7.05 Å². The molecule has 40 heavy (non-hydrogen) atoms. The lowest BCUT2D eigenvalue weighted by Gasteiger charge is -2.17. The van der Waals surface area contributed by atoms with Gasteiger partial charge in [-0.3, -0.25) is 19.0 Å². The standard InChI is InChI=1S/C21H34N7O11P/c1-24-5-6-26-20(33)17(31)16(30)19(32)25-4-2-3-12-8-28(21(34)27-18(12)22)15-7-13(39-23)14(38-15)9-36-40-37-11-35-10-29/h8,13-17,24,29-31,40H,4-7,9-11,23H2,1H3,(H,25,32)(H,26,33)(H2,22,27,34). The minimum absolute atomic E-state index is 0.0254. The average Bonchev–Trinajstić information content (AvgIpc) is 3.35. The van der Waals surface area contributed by atoms with Crippen LogP contribution in [0.4, 0.5) is 5.82 Å². The molecule has 224 valence electrons. The molecule has 1 aliphatic rings. The SMILES string of the molecule is CNCCNC(=O)C(O)C(O)C(=O)NCC#Cc1cn(C2CC(ON)C(COPOCOCO)O2)c(=O)nc1N. The van der Waals surface area contributed by atoms with E-state index in [9.17, 15) is 24.6 Å². The van der Waals surface area contributed by atoms with Gasteiger partial charge in [-0.2, -0.15) is 4.98 Å².